The third-order valence-electron chi connectivity index (χ3n) is 2.46. The van der Waals surface area contributed by atoms with Gasteiger partial charge in [0.15, 0.2) is 0 Å². The largest absolute Gasteiger partial charge is 0.494 e. The van der Waals surface area contributed by atoms with E-state index in [0.717, 1.165) is 16.7 Å². The molecule has 100 valence electrons. The molecule has 0 unspecified atom stereocenters. The van der Waals surface area contributed by atoms with E-state index >= 15 is 0 Å². The average molecular weight is 262 g/mol. The molecular weight excluding hydrogens is 248 g/mol. The van der Waals surface area contributed by atoms with Crippen LogP contribution >= 0.6 is 0 Å². The van der Waals surface area contributed by atoms with E-state index in [1.165, 1.54) is 0 Å². The van der Waals surface area contributed by atoms with Crippen LogP contribution in [0.5, 0.6) is 5.75 Å². The van der Waals surface area contributed by atoms with Gasteiger partial charge in [-0.3, -0.25) is 0 Å². The maximum Gasteiger partial charge on any atom is 0.441 e. The van der Waals surface area contributed by atoms with Crippen molar-refractivity contribution in [2.24, 2.45) is 0 Å². The molecule has 0 aliphatic carbocycles. The second kappa shape index (κ2) is 5.99. The Bertz CT molecular complexity index is 598. The zero-order valence-corrected chi connectivity index (χ0v) is 10.5. The number of ether oxygens (including phenoxy) is 1. The minimum Gasteiger partial charge on any atom is -0.494 e. The highest BCUT2D eigenvalue weighted by Gasteiger charge is 2.09. The van der Waals surface area contributed by atoms with Gasteiger partial charge in [0.05, 0.1) is 12.3 Å². The highest BCUT2D eigenvalue weighted by atomic mass is 16.5. The van der Waals surface area contributed by atoms with Crippen molar-refractivity contribution in [3.63, 3.8) is 0 Å². The summed E-state index contributed by atoms with van der Waals surface area (Å²) in [6.45, 7) is 2.48. The Kier molecular flexibility index (Phi) is 4.12. The number of rotatable bonds is 6. The van der Waals surface area contributed by atoms with Gasteiger partial charge < -0.3 is 13.9 Å². The number of hydrogen-bond donors (Lipinski definition) is 0. The maximum atomic E-state index is 11.6. The molecule has 0 spiro atoms. The number of nitrogens with zero attached hydrogens (tertiary/aromatic N) is 2. The molecule has 0 N–H and O–H groups in total. The summed E-state index contributed by atoms with van der Waals surface area (Å²) in [4.78, 5) is 21.9. The van der Waals surface area contributed by atoms with Crippen molar-refractivity contribution < 1.29 is 13.9 Å². The summed E-state index contributed by atoms with van der Waals surface area (Å²) >= 11 is 0. The van der Waals surface area contributed by atoms with Gasteiger partial charge in [-0.15, -0.1) is 5.10 Å². The Morgan fingerprint density at radius 3 is 2.74 bits per heavy atom. The van der Waals surface area contributed by atoms with Crippen LogP contribution in [0.4, 0.5) is 0 Å². The predicted molar refractivity (Wildman–Crippen MR) is 67.7 cm³/mol. The molecule has 0 radical (unpaired) electrons. The number of aldehydes is 1. The molecule has 0 fully saturated rings. The lowest BCUT2D eigenvalue weighted by Gasteiger charge is -2.03. The molecule has 1 aromatic carbocycles. The van der Waals surface area contributed by atoms with E-state index in [4.69, 9.17) is 9.15 Å². The minimum atomic E-state index is -0.565. The van der Waals surface area contributed by atoms with E-state index < -0.39 is 5.76 Å². The molecule has 19 heavy (non-hydrogen) atoms. The van der Waals surface area contributed by atoms with Gasteiger partial charge in [-0.1, -0.05) is 0 Å². The molecule has 0 saturated carbocycles. The molecule has 0 amide bonds. The first kappa shape index (κ1) is 13.1. The van der Waals surface area contributed by atoms with Crippen LogP contribution in [0.25, 0.3) is 5.69 Å². The second-order valence-corrected chi connectivity index (χ2v) is 3.81. The summed E-state index contributed by atoms with van der Waals surface area (Å²) in [5.41, 5.74) is 0.592. The molecule has 6 nitrogen and oxygen atoms in total. The van der Waals surface area contributed by atoms with Crippen molar-refractivity contribution in [1.82, 2.24) is 9.78 Å². The van der Waals surface area contributed by atoms with Gasteiger partial charge in [0.1, 0.15) is 12.0 Å². The molecule has 2 rings (SSSR count). The first-order valence-corrected chi connectivity index (χ1v) is 6.00. The molecule has 6 heteroatoms. The summed E-state index contributed by atoms with van der Waals surface area (Å²) in [5, 5.41) is 4.03. The van der Waals surface area contributed by atoms with Crippen molar-refractivity contribution in [2.45, 2.75) is 19.8 Å². The number of aryl methyl sites for hydroxylation is 1. The summed E-state index contributed by atoms with van der Waals surface area (Å²) < 4.78 is 11.4. The number of hydrogen-bond acceptors (Lipinski definition) is 5. The quantitative estimate of drug-likeness (QED) is 0.735. The fourth-order valence-electron chi connectivity index (χ4n) is 1.61. The predicted octanol–water partition coefficient (Wildman–Crippen LogP) is 1.36. The number of carbonyl (C=O) groups excluding carboxylic acids is 1. The van der Waals surface area contributed by atoms with Gasteiger partial charge in [0, 0.05) is 12.8 Å². The zero-order valence-electron chi connectivity index (χ0n) is 10.5. The van der Waals surface area contributed by atoms with Gasteiger partial charge in [-0.2, -0.15) is 4.68 Å². The topological polar surface area (TPSA) is 74.3 Å². The van der Waals surface area contributed by atoms with Crippen LogP contribution in [-0.4, -0.2) is 22.7 Å². The van der Waals surface area contributed by atoms with Crippen molar-refractivity contribution in [2.75, 3.05) is 6.61 Å². The Labute approximate surface area is 109 Å². The Hall–Kier alpha value is -2.37. The van der Waals surface area contributed by atoms with Crippen LogP contribution in [0.15, 0.2) is 33.5 Å². The fourth-order valence-corrected chi connectivity index (χ4v) is 1.61. The molecule has 2 aromatic rings. The van der Waals surface area contributed by atoms with E-state index in [2.05, 4.69) is 5.10 Å². The van der Waals surface area contributed by atoms with Crippen LogP contribution in [0.3, 0.4) is 0 Å². The molecule has 0 aliphatic heterocycles. The van der Waals surface area contributed by atoms with E-state index in [0.29, 0.717) is 18.7 Å². The normalized spacial score (nSPS) is 10.4. The SMILES string of the molecule is CCOc1ccc(-n2nc(CCC=O)oc2=O)cc1. The lowest BCUT2D eigenvalue weighted by molar-refractivity contribution is -0.107. The van der Waals surface area contributed by atoms with Crippen molar-refractivity contribution in [3.8, 4) is 11.4 Å². The molecule has 1 heterocycles. The van der Waals surface area contributed by atoms with E-state index in [1.54, 1.807) is 24.3 Å². The molecule has 0 bridgehead atoms. The van der Waals surface area contributed by atoms with E-state index in [1.807, 2.05) is 6.92 Å². The third-order valence-corrected chi connectivity index (χ3v) is 2.46. The van der Waals surface area contributed by atoms with Crippen LogP contribution in [0.1, 0.15) is 19.2 Å². The fraction of sp³-hybridized carbons (Fsp3) is 0.308. The first-order valence-electron chi connectivity index (χ1n) is 6.00. The Morgan fingerprint density at radius 1 is 1.37 bits per heavy atom. The van der Waals surface area contributed by atoms with Crippen LogP contribution < -0.4 is 10.5 Å². The van der Waals surface area contributed by atoms with Crippen molar-refractivity contribution in [1.29, 1.82) is 0 Å². The molecular formula is C13H14N2O4. The van der Waals surface area contributed by atoms with Crippen molar-refractivity contribution in [3.05, 3.63) is 40.7 Å². The maximum absolute atomic E-state index is 11.6. The van der Waals surface area contributed by atoms with Gasteiger partial charge in [-0.05, 0) is 31.2 Å². The number of carbonyl (C=O) groups is 1. The Balaban J connectivity index is 2.23. The monoisotopic (exact) mass is 262 g/mol. The first-order chi connectivity index (χ1) is 9.24. The van der Waals surface area contributed by atoms with Crippen molar-refractivity contribution >= 4 is 6.29 Å². The van der Waals surface area contributed by atoms with Gasteiger partial charge in [0.2, 0.25) is 5.89 Å². The molecule has 1 aromatic heterocycles. The Morgan fingerprint density at radius 2 is 2.11 bits per heavy atom. The molecule has 0 aliphatic rings. The molecule has 0 atom stereocenters. The smallest absolute Gasteiger partial charge is 0.441 e. The zero-order chi connectivity index (χ0) is 13.7. The second-order valence-electron chi connectivity index (χ2n) is 3.81. The number of benzene rings is 1. The van der Waals surface area contributed by atoms with Crippen LogP contribution in [0.2, 0.25) is 0 Å². The number of aromatic nitrogens is 2. The summed E-state index contributed by atoms with van der Waals surface area (Å²) in [6.07, 6.45) is 1.36. The highest BCUT2D eigenvalue weighted by molar-refractivity contribution is 5.49. The lowest BCUT2D eigenvalue weighted by Crippen LogP contribution is -2.13. The van der Waals surface area contributed by atoms with Crippen LogP contribution in [0, 0.1) is 0 Å². The lowest BCUT2D eigenvalue weighted by atomic mass is 10.3. The highest BCUT2D eigenvalue weighted by Crippen LogP contribution is 2.14. The summed E-state index contributed by atoms with van der Waals surface area (Å²) in [5.74, 6) is 0.417. The average Bonchev–Trinajstić information content (AvgIpc) is 2.79. The van der Waals surface area contributed by atoms with E-state index in [9.17, 15) is 9.59 Å². The summed E-state index contributed by atoms with van der Waals surface area (Å²) in [7, 11) is 0. The molecule has 0 saturated heterocycles. The van der Waals surface area contributed by atoms with Crippen LogP contribution in [-0.2, 0) is 11.2 Å². The van der Waals surface area contributed by atoms with E-state index in [-0.39, 0.29) is 12.3 Å². The van der Waals surface area contributed by atoms with Gasteiger partial charge >= 0.3 is 5.76 Å². The minimum absolute atomic E-state index is 0.256. The van der Waals surface area contributed by atoms with Gasteiger partial charge in [-0.25, -0.2) is 4.79 Å². The third kappa shape index (κ3) is 3.09. The van der Waals surface area contributed by atoms with Gasteiger partial charge in [0.25, 0.3) is 0 Å². The standard InChI is InChI=1S/C13H14N2O4/c1-2-18-11-7-5-10(6-8-11)15-13(17)19-12(14-15)4-3-9-16/h5-9H,2-4H2,1H3. The summed E-state index contributed by atoms with van der Waals surface area (Å²) in [6, 6.07) is 6.95.